The molecule has 1 atom stereocenters. The van der Waals surface area contributed by atoms with E-state index in [1.54, 1.807) is 17.8 Å². The van der Waals surface area contributed by atoms with Gasteiger partial charge in [-0.3, -0.25) is 9.13 Å². The molecule has 0 N–H and O–H groups in total. The molecule has 0 aromatic carbocycles. The molecule has 0 bridgehead atoms. The van der Waals surface area contributed by atoms with Gasteiger partial charge in [0.05, 0.1) is 18.8 Å². The monoisotopic (exact) mass is 268 g/mol. The van der Waals surface area contributed by atoms with E-state index < -0.39 is 0 Å². The minimum atomic E-state index is -0.114. The van der Waals surface area contributed by atoms with Gasteiger partial charge in [0.1, 0.15) is 5.52 Å². The normalized spacial score (nSPS) is 19.8. The second kappa shape index (κ2) is 4.37. The maximum atomic E-state index is 12.1. The van der Waals surface area contributed by atoms with E-state index in [-0.39, 0.29) is 17.1 Å². The van der Waals surface area contributed by atoms with Crippen molar-refractivity contribution in [3.63, 3.8) is 0 Å². The van der Waals surface area contributed by atoms with Gasteiger partial charge in [0.15, 0.2) is 5.65 Å². The molecular weight excluding hydrogens is 256 g/mol. The molecule has 1 saturated heterocycles. The SMILES string of the molecule is Cn1c(=O)n(CC2CCCO2)c2nc(Cl)ncc21. The summed E-state index contributed by atoms with van der Waals surface area (Å²) >= 11 is 5.79. The van der Waals surface area contributed by atoms with E-state index >= 15 is 0 Å². The highest BCUT2D eigenvalue weighted by molar-refractivity contribution is 6.28. The Morgan fingerprint density at radius 3 is 3.17 bits per heavy atom. The summed E-state index contributed by atoms with van der Waals surface area (Å²) in [4.78, 5) is 20.2. The van der Waals surface area contributed by atoms with Crippen molar-refractivity contribution in [1.82, 2.24) is 19.1 Å². The molecular formula is C11H13ClN4O2. The smallest absolute Gasteiger partial charge is 0.330 e. The molecule has 3 heterocycles. The van der Waals surface area contributed by atoms with Crippen LogP contribution in [0.1, 0.15) is 12.8 Å². The fourth-order valence-corrected chi connectivity index (χ4v) is 2.44. The van der Waals surface area contributed by atoms with Crippen LogP contribution in [0.2, 0.25) is 5.28 Å². The summed E-state index contributed by atoms with van der Waals surface area (Å²) in [6.07, 6.45) is 3.67. The van der Waals surface area contributed by atoms with E-state index in [0.717, 1.165) is 19.4 Å². The lowest BCUT2D eigenvalue weighted by Crippen LogP contribution is -2.27. The minimum Gasteiger partial charge on any atom is -0.376 e. The Morgan fingerprint density at radius 1 is 1.61 bits per heavy atom. The Labute approximate surface area is 108 Å². The molecule has 3 rings (SSSR count). The number of rotatable bonds is 2. The van der Waals surface area contributed by atoms with Crippen LogP contribution < -0.4 is 5.69 Å². The highest BCUT2D eigenvalue weighted by atomic mass is 35.5. The molecule has 0 radical (unpaired) electrons. The average molecular weight is 269 g/mol. The van der Waals surface area contributed by atoms with Crippen molar-refractivity contribution in [2.75, 3.05) is 6.61 Å². The summed E-state index contributed by atoms with van der Waals surface area (Å²) in [5.41, 5.74) is 1.14. The van der Waals surface area contributed by atoms with E-state index in [0.29, 0.717) is 17.7 Å². The van der Waals surface area contributed by atoms with Crippen LogP contribution in [0, 0.1) is 0 Å². The molecule has 0 amide bonds. The second-order valence-corrected chi connectivity index (χ2v) is 4.77. The molecule has 0 aliphatic carbocycles. The summed E-state index contributed by atoms with van der Waals surface area (Å²) in [6.45, 7) is 1.28. The van der Waals surface area contributed by atoms with Crippen molar-refractivity contribution in [1.29, 1.82) is 0 Å². The molecule has 0 spiro atoms. The Hall–Kier alpha value is -1.40. The van der Waals surface area contributed by atoms with Crippen LogP contribution in [-0.4, -0.2) is 31.8 Å². The van der Waals surface area contributed by atoms with Crippen molar-refractivity contribution in [3.8, 4) is 0 Å². The van der Waals surface area contributed by atoms with E-state index in [9.17, 15) is 4.79 Å². The van der Waals surface area contributed by atoms with Gasteiger partial charge in [0, 0.05) is 13.7 Å². The number of aryl methyl sites for hydroxylation is 1. The van der Waals surface area contributed by atoms with Gasteiger partial charge in [0.25, 0.3) is 0 Å². The lowest BCUT2D eigenvalue weighted by atomic mass is 10.2. The highest BCUT2D eigenvalue weighted by Gasteiger charge is 2.20. The van der Waals surface area contributed by atoms with Crippen LogP contribution in [0.5, 0.6) is 0 Å². The van der Waals surface area contributed by atoms with Gasteiger partial charge in [-0.2, -0.15) is 4.98 Å². The maximum Gasteiger partial charge on any atom is 0.330 e. The van der Waals surface area contributed by atoms with Crippen LogP contribution in [-0.2, 0) is 18.3 Å². The predicted octanol–water partition coefficient (Wildman–Crippen LogP) is 0.962. The second-order valence-electron chi connectivity index (χ2n) is 4.44. The van der Waals surface area contributed by atoms with E-state index in [1.165, 1.54) is 4.57 Å². The standard InChI is InChI=1S/C11H13ClN4O2/c1-15-8-5-13-10(12)14-9(8)16(11(15)17)6-7-3-2-4-18-7/h5,7H,2-4,6H2,1H3. The fourth-order valence-electron chi connectivity index (χ4n) is 2.31. The van der Waals surface area contributed by atoms with Crippen LogP contribution in [0.4, 0.5) is 0 Å². The Bertz CT molecular complexity index is 642. The highest BCUT2D eigenvalue weighted by Crippen LogP contribution is 2.17. The summed E-state index contributed by atoms with van der Waals surface area (Å²) in [7, 11) is 1.70. The molecule has 0 saturated carbocycles. The van der Waals surface area contributed by atoms with E-state index in [1.807, 2.05) is 0 Å². The van der Waals surface area contributed by atoms with Gasteiger partial charge < -0.3 is 4.74 Å². The third-order valence-corrected chi connectivity index (χ3v) is 3.45. The zero-order chi connectivity index (χ0) is 12.7. The average Bonchev–Trinajstić information content (AvgIpc) is 2.93. The van der Waals surface area contributed by atoms with Crippen molar-refractivity contribution >= 4 is 22.8 Å². The molecule has 96 valence electrons. The largest absolute Gasteiger partial charge is 0.376 e. The van der Waals surface area contributed by atoms with Crippen molar-refractivity contribution in [2.45, 2.75) is 25.5 Å². The molecule has 1 unspecified atom stereocenters. The first-order valence-corrected chi connectivity index (χ1v) is 6.24. The van der Waals surface area contributed by atoms with Crippen molar-refractivity contribution in [3.05, 3.63) is 22.0 Å². The Morgan fingerprint density at radius 2 is 2.44 bits per heavy atom. The van der Waals surface area contributed by atoms with Crippen LogP contribution >= 0.6 is 11.6 Å². The lowest BCUT2D eigenvalue weighted by Gasteiger charge is -2.09. The number of hydrogen-bond acceptors (Lipinski definition) is 4. The summed E-state index contributed by atoms with van der Waals surface area (Å²) in [5, 5.41) is 0.147. The molecule has 2 aromatic rings. The third kappa shape index (κ3) is 1.81. The molecule has 6 nitrogen and oxygen atoms in total. The predicted molar refractivity (Wildman–Crippen MR) is 66.8 cm³/mol. The maximum absolute atomic E-state index is 12.1. The molecule has 1 aliphatic heterocycles. The molecule has 1 fully saturated rings. The number of halogens is 1. The Balaban J connectivity index is 2.11. The summed E-state index contributed by atoms with van der Waals surface area (Å²) in [6, 6.07) is 0. The lowest BCUT2D eigenvalue weighted by molar-refractivity contribution is 0.0969. The quantitative estimate of drug-likeness (QED) is 0.761. The number of ether oxygens (including phenoxy) is 1. The number of aromatic nitrogens is 4. The van der Waals surface area contributed by atoms with Gasteiger partial charge in [-0.05, 0) is 24.4 Å². The van der Waals surface area contributed by atoms with Gasteiger partial charge in [-0.15, -0.1) is 0 Å². The minimum absolute atomic E-state index is 0.0852. The third-order valence-electron chi connectivity index (χ3n) is 3.27. The Kier molecular flexibility index (Phi) is 2.83. The summed E-state index contributed by atoms with van der Waals surface area (Å²) < 4.78 is 8.69. The molecule has 18 heavy (non-hydrogen) atoms. The first-order chi connectivity index (χ1) is 8.66. The van der Waals surface area contributed by atoms with Crippen LogP contribution in [0.15, 0.2) is 11.0 Å². The topological polar surface area (TPSA) is 61.9 Å². The van der Waals surface area contributed by atoms with Gasteiger partial charge in [0.2, 0.25) is 5.28 Å². The molecule has 2 aromatic heterocycles. The zero-order valence-electron chi connectivity index (χ0n) is 9.97. The number of nitrogens with zero attached hydrogens (tertiary/aromatic N) is 4. The van der Waals surface area contributed by atoms with Gasteiger partial charge in [-0.1, -0.05) is 0 Å². The van der Waals surface area contributed by atoms with E-state index in [2.05, 4.69) is 9.97 Å². The summed E-state index contributed by atoms with van der Waals surface area (Å²) in [5.74, 6) is 0. The van der Waals surface area contributed by atoms with Crippen LogP contribution in [0.3, 0.4) is 0 Å². The van der Waals surface area contributed by atoms with Crippen molar-refractivity contribution < 1.29 is 4.74 Å². The number of imidazole rings is 1. The van der Waals surface area contributed by atoms with Gasteiger partial charge >= 0.3 is 5.69 Å². The van der Waals surface area contributed by atoms with E-state index in [4.69, 9.17) is 16.3 Å². The molecule has 7 heteroatoms. The number of hydrogen-bond donors (Lipinski definition) is 0. The van der Waals surface area contributed by atoms with Crippen LogP contribution in [0.25, 0.3) is 11.2 Å². The van der Waals surface area contributed by atoms with Gasteiger partial charge in [-0.25, -0.2) is 9.78 Å². The first kappa shape index (κ1) is 11.7. The fraction of sp³-hybridized carbons (Fsp3) is 0.545. The zero-order valence-corrected chi connectivity index (χ0v) is 10.7. The van der Waals surface area contributed by atoms with Crippen molar-refractivity contribution in [2.24, 2.45) is 7.05 Å². The first-order valence-electron chi connectivity index (χ1n) is 5.86. The molecule has 1 aliphatic rings. The number of fused-ring (bicyclic) bond motifs is 1.